The smallest absolute Gasteiger partial charge is 0.146 e. The predicted octanol–water partition coefficient (Wildman–Crippen LogP) is 3.00. The van der Waals surface area contributed by atoms with Crippen molar-refractivity contribution in [3.05, 3.63) is 59.0 Å². The summed E-state index contributed by atoms with van der Waals surface area (Å²) in [6, 6.07) is 17.0. The summed E-state index contributed by atoms with van der Waals surface area (Å²) in [6.45, 7) is 0. The molecule has 2 nitrogen and oxygen atoms in total. The summed E-state index contributed by atoms with van der Waals surface area (Å²) in [6.07, 6.45) is 6.91. The molecule has 21 heavy (non-hydrogen) atoms. The maximum absolute atomic E-state index is 4.89. The quantitative estimate of drug-likeness (QED) is 0.480. The van der Waals surface area contributed by atoms with Crippen LogP contribution >= 0.6 is 0 Å². The number of imidazole rings is 1. The normalized spacial score (nSPS) is 14.1. The molecule has 0 atom stereocenters. The molecule has 0 bridgehead atoms. The molecular formula is C19H14N2. The first kappa shape index (κ1) is 11.1. The summed E-state index contributed by atoms with van der Waals surface area (Å²) in [5.74, 6) is 0. The molecular weight excluding hydrogens is 256 g/mol. The van der Waals surface area contributed by atoms with Crippen molar-refractivity contribution >= 4 is 39.7 Å². The van der Waals surface area contributed by atoms with E-state index in [4.69, 9.17) is 4.98 Å². The fourth-order valence-corrected chi connectivity index (χ4v) is 3.49. The van der Waals surface area contributed by atoms with Gasteiger partial charge in [0, 0.05) is 10.6 Å². The Kier molecular flexibility index (Phi) is 2.09. The average Bonchev–Trinajstić information content (AvgIpc) is 2.95. The summed E-state index contributed by atoms with van der Waals surface area (Å²) in [4.78, 5) is 4.89. The van der Waals surface area contributed by atoms with Gasteiger partial charge in [0.05, 0.1) is 16.6 Å². The average molecular weight is 270 g/mol. The molecule has 0 unspecified atom stereocenters. The number of para-hydroxylation sites is 3. The predicted molar refractivity (Wildman–Crippen MR) is 87.6 cm³/mol. The Morgan fingerprint density at radius 3 is 2.38 bits per heavy atom. The Hall–Kier alpha value is -2.61. The highest BCUT2D eigenvalue weighted by Gasteiger charge is 2.11. The molecule has 100 valence electrons. The highest BCUT2D eigenvalue weighted by molar-refractivity contribution is 5.91. The minimum atomic E-state index is 1.06. The molecule has 1 aliphatic carbocycles. The minimum Gasteiger partial charge on any atom is -0.292 e. The van der Waals surface area contributed by atoms with Crippen LogP contribution in [0.2, 0.25) is 0 Å². The van der Waals surface area contributed by atoms with Gasteiger partial charge >= 0.3 is 0 Å². The van der Waals surface area contributed by atoms with Crippen molar-refractivity contribution < 1.29 is 0 Å². The molecule has 5 rings (SSSR count). The third-order valence-corrected chi connectivity index (χ3v) is 4.39. The second kappa shape index (κ2) is 3.95. The van der Waals surface area contributed by atoms with E-state index in [1.54, 1.807) is 0 Å². The molecule has 0 amide bonds. The van der Waals surface area contributed by atoms with Gasteiger partial charge in [-0.1, -0.05) is 42.5 Å². The van der Waals surface area contributed by atoms with Gasteiger partial charge in [-0.3, -0.25) is 4.40 Å². The minimum absolute atomic E-state index is 1.06. The molecule has 0 spiro atoms. The molecule has 0 N–H and O–H groups in total. The lowest BCUT2D eigenvalue weighted by Crippen LogP contribution is -2.30. The van der Waals surface area contributed by atoms with Crippen LogP contribution in [0.5, 0.6) is 0 Å². The van der Waals surface area contributed by atoms with Gasteiger partial charge in [0.2, 0.25) is 0 Å². The van der Waals surface area contributed by atoms with Crippen LogP contribution in [0.3, 0.4) is 0 Å². The van der Waals surface area contributed by atoms with Gasteiger partial charge in [-0.25, -0.2) is 4.98 Å². The SMILES string of the molecule is C1=c2c(c3nc4ccccc4n3c3ccccc23)=CCC1. The van der Waals surface area contributed by atoms with Crippen LogP contribution in [0.1, 0.15) is 12.8 Å². The molecule has 0 saturated heterocycles. The number of fused-ring (bicyclic) bond motifs is 8. The lowest BCUT2D eigenvalue weighted by molar-refractivity contribution is 1.11. The van der Waals surface area contributed by atoms with Gasteiger partial charge in [-0.2, -0.15) is 0 Å². The van der Waals surface area contributed by atoms with Crippen molar-refractivity contribution in [1.29, 1.82) is 0 Å². The zero-order chi connectivity index (χ0) is 13.8. The second-order valence-corrected chi connectivity index (χ2v) is 5.59. The number of rotatable bonds is 0. The molecule has 1 aliphatic rings. The topological polar surface area (TPSA) is 17.3 Å². The van der Waals surface area contributed by atoms with Crippen LogP contribution in [0, 0.1) is 0 Å². The van der Waals surface area contributed by atoms with Crippen LogP contribution in [0.15, 0.2) is 48.5 Å². The third kappa shape index (κ3) is 1.39. The van der Waals surface area contributed by atoms with E-state index in [0.29, 0.717) is 0 Å². The van der Waals surface area contributed by atoms with Crippen LogP contribution in [-0.4, -0.2) is 9.38 Å². The number of aromatic nitrogens is 2. The lowest BCUT2D eigenvalue weighted by Gasteiger charge is -2.08. The van der Waals surface area contributed by atoms with E-state index < -0.39 is 0 Å². The Morgan fingerprint density at radius 1 is 0.762 bits per heavy atom. The van der Waals surface area contributed by atoms with Crippen LogP contribution in [-0.2, 0) is 0 Å². The maximum Gasteiger partial charge on any atom is 0.146 e. The Bertz CT molecular complexity index is 1130. The number of hydrogen-bond donors (Lipinski definition) is 0. The summed E-state index contributed by atoms with van der Waals surface area (Å²) in [7, 11) is 0. The van der Waals surface area contributed by atoms with Crippen molar-refractivity contribution in [2.45, 2.75) is 12.8 Å². The number of hydrogen-bond acceptors (Lipinski definition) is 1. The number of benzene rings is 2. The fourth-order valence-electron chi connectivity index (χ4n) is 3.49. The molecule has 2 aromatic heterocycles. The van der Waals surface area contributed by atoms with E-state index in [1.165, 1.54) is 26.9 Å². The van der Waals surface area contributed by atoms with Gasteiger partial charge in [0.25, 0.3) is 0 Å². The lowest BCUT2D eigenvalue weighted by atomic mass is 10.0. The second-order valence-electron chi connectivity index (χ2n) is 5.59. The highest BCUT2D eigenvalue weighted by Crippen LogP contribution is 2.19. The Labute approximate surface area is 121 Å². The molecule has 2 heterocycles. The van der Waals surface area contributed by atoms with Gasteiger partial charge in [-0.15, -0.1) is 0 Å². The Morgan fingerprint density at radius 2 is 1.48 bits per heavy atom. The summed E-state index contributed by atoms with van der Waals surface area (Å²) < 4.78 is 2.30. The summed E-state index contributed by atoms with van der Waals surface area (Å²) in [5.41, 5.74) is 4.58. The van der Waals surface area contributed by atoms with Crippen LogP contribution < -0.4 is 10.4 Å². The van der Waals surface area contributed by atoms with Crippen molar-refractivity contribution in [3.63, 3.8) is 0 Å². The van der Waals surface area contributed by atoms with Crippen LogP contribution in [0.25, 0.3) is 39.7 Å². The zero-order valence-electron chi connectivity index (χ0n) is 11.6. The standard InChI is InChI=1S/C19H14N2/c1-2-9-15-13(7-1)14-8-3-5-11-17(14)21-18-12-6-4-10-16(18)20-19(15)21/h3-12H,1-2H2. The molecule has 2 heteroatoms. The van der Waals surface area contributed by atoms with Crippen molar-refractivity contribution in [2.24, 2.45) is 0 Å². The van der Waals surface area contributed by atoms with Gasteiger partial charge in [0.1, 0.15) is 5.65 Å². The summed E-state index contributed by atoms with van der Waals surface area (Å²) in [5, 5.41) is 3.95. The molecule has 4 aromatic rings. The van der Waals surface area contributed by atoms with Crippen molar-refractivity contribution in [2.75, 3.05) is 0 Å². The number of nitrogens with zero attached hydrogens (tertiary/aromatic N) is 2. The Balaban J connectivity index is 2.25. The maximum atomic E-state index is 4.89. The van der Waals surface area contributed by atoms with E-state index in [1.807, 2.05) is 0 Å². The molecule has 0 fully saturated rings. The van der Waals surface area contributed by atoms with Gasteiger partial charge in [-0.05, 0) is 36.3 Å². The first-order valence-electron chi connectivity index (χ1n) is 7.42. The molecule has 2 aromatic carbocycles. The van der Waals surface area contributed by atoms with E-state index in [-0.39, 0.29) is 0 Å². The first-order chi connectivity index (χ1) is 10.4. The largest absolute Gasteiger partial charge is 0.292 e. The van der Waals surface area contributed by atoms with Crippen molar-refractivity contribution in [3.8, 4) is 0 Å². The van der Waals surface area contributed by atoms with Gasteiger partial charge in [0.15, 0.2) is 0 Å². The fraction of sp³-hybridized carbons (Fsp3) is 0.105. The van der Waals surface area contributed by atoms with Crippen molar-refractivity contribution in [1.82, 2.24) is 9.38 Å². The zero-order valence-corrected chi connectivity index (χ0v) is 11.6. The van der Waals surface area contributed by atoms with E-state index >= 15 is 0 Å². The summed E-state index contributed by atoms with van der Waals surface area (Å²) >= 11 is 0. The van der Waals surface area contributed by atoms with Crippen LogP contribution in [0.4, 0.5) is 0 Å². The highest BCUT2D eigenvalue weighted by atomic mass is 15.0. The van der Waals surface area contributed by atoms with E-state index in [2.05, 4.69) is 65.1 Å². The monoisotopic (exact) mass is 270 g/mol. The number of pyridine rings is 1. The molecule has 0 saturated carbocycles. The molecule has 0 aliphatic heterocycles. The molecule has 0 radical (unpaired) electrons. The first-order valence-corrected chi connectivity index (χ1v) is 7.42. The third-order valence-electron chi connectivity index (χ3n) is 4.39. The van der Waals surface area contributed by atoms with E-state index in [0.717, 1.165) is 24.0 Å². The van der Waals surface area contributed by atoms with E-state index in [9.17, 15) is 0 Å². The van der Waals surface area contributed by atoms with Gasteiger partial charge < -0.3 is 0 Å².